The van der Waals surface area contributed by atoms with Gasteiger partial charge in [-0.1, -0.05) is 0 Å². The molecule has 198 valence electrons. The summed E-state index contributed by atoms with van der Waals surface area (Å²) >= 11 is 0. The number of aromatic hydroxyl groups is 3. The minimum atomic E-state index is -1.73. The van der Waals surface area contributed by atoms with Gasteiger partial charge in [-0.05, 0) is 25.1 Å². The van der Waals surface area contributed by atoms with Crippen molar-refractivity contribution in [1.82, 2.24) is 0 Å². The first-order chi connectivity index (χ1) is 17.5. The molecule has 13 nitrogen and oxygen atoms in total. The number of carbonyl (C=O) groups excluding carboxylic acids is 1. The lowest BCUT2D eigenvalue weighted by molar-refractivity contribution is -0.308. The molecule has 2 aromatic carbocycles. The van der Waals surface area contributed by atoms with Crippen molar-refractivity contribution < 1.29 is 59.2 Å². The molecule has 2 heterocycles. The van der Waals surface area contributed by atoms with Gasteiger partial charge in [0.2, 0.25) is 0 Å². The third-order valence-corrected chi connectivity index (χ3v) is 5.78. The van der Waals surface area contributed by atoms with Gasteiger partial charge in [-0.15, -0.1) is 0 Å². The van der Waals surface area contributed by atoms with Crippen molar-refractivity contribution >= 4 is 16.9 Å². The van der Waals surface area contributed by atoms with Gasteiger partial charge in [-0.2, -0.15) is 0 Å². The summed E-state index contributed by atoms with van der Waals surface area (Å²) in [7, 11) is 0. The number of benzene rings is 2. The van der Waals surface area contributed by atoms with E-state index in [0.29, 0.717) is 0 Å². The zero-order valence-electron chi connectivity index (χ0n) is 19.2. The predicted octanol–water partition coefficient (Wildman–Crippen LogP) is -0.313. The molecule has 0 bridgehead atoms. The van der Waals surface area contributed by atoms with Gasteiger partial charge in [0.25, 0.3) is 0 Å². The van der Waals surface area contributed by atoms with Gasteiger partial charge >= 0.3 is 5.97 Å². The molecule has 4 rings (SSSR count). The Labute approximate surface area is 207 Å². The summed E-state index contributed by atoms with van der Waals surface area (Å²) < 4.78 is 21.4. The Kier molecular flexibility index (Phi) is 7.36. The van der Waals surface area contributed by atoms with Crippen molar-refractivity contribution in [3.8, 4) is 34.3 Å². The second-order valence-electron chi connectivity index (χ2n) is 8.39. The minimum Gasteiger partial charge on any atom is -0.507 e. The van der Waals surface area contributed by atoms with Crippen LogP contribution in [0, 0.1) is 0 Å². The number of rotatable bonds is 6. The van der Waals surface area contributed by atoms with Crippen LogP contribution < -0.4 is 10.2 Å². The van der Waals surface area contributed by atoms with E-state index in [0.717, 1.165) is 12.1 Å². The lowest BCUT2D eigenvalue weighted by Crippen LogP contribution is -2.60. The molecule has 0 saturated carbocycles. The molecule has 1 aliphatic rings. The quantitative estimate of drug-likeness (QED) is 0.126. The maximum atomic E-state index is 12.6. The molecule has 1 saturated heterocycles. The van der Waals surface area contributed by atoms with Crippen LogP contribution in [-0.4, -0.2) is 85.1 Å². The Bertz CT molecular complexity index is 1360. The van der Waals surface area contributed by atoms with Crippen molar-refractivity contribution in [3.63, 3.8) is 0 Å². The maximum Gasteiger partial charge on any atom is 0.340 e. The van der Waals surface area contributed by atoms with E-state index in [-0.39, 0.29) is 33.8 Å². The first kappa shape index (κ1) is 26.3. The van der Waals surface area contributed by atoms with E-state index in [1.54, 1.807) is 0 Å². The van der Waals surface area contributed by atoms with Crippen LogP contribution in [0.25, 0.3) is 22.3 Å². The van der Waals surface area contributed by atoms with Crippen LogP contribution in [0.5, 0.6) is 23.0 Å². The number of hydrogen-bond acceptors (Lipinski definition) is 13. The van der Waals surface area contributed by atoms with Crippen molar-refractivity contribution in [3.05, 3.63) is 46.6 Å². The van der Waals surface area contributed by atoms with Crippen LogP contribution in [0.1, 0.15) is 6.92 Å². The molecule has 0 amide bonds. The van der Waals surface area contributed by atoms with Crippen LogP contribution in [-0.2, 0) is 14.3 Å². The molecule has 0 unspecified atom stereocenters. The number of aliphatic hydroxyl groups is 4. The molecule has 0 aliphatic carbocycles. The normalized spacial score (nSPS) is 24.6. The van der Waals surface area contributed by atoms with E-state index in [9.17, 15) is 45.3 Å². The van der Waals surface area contributed by atoms with E-state index >= 15 is 0 Å². The number of ether oxygens (including phenoxy) is 3. The highest BCUT2D eigenvalue weighted by Crippen LogP contribution is 2.34. The Morgan fingerprint density at radius 1 is 0.973 bits per heavy atom. The molecule has 3 aromatic rings. The highest BCUT2D eigenvalue weighted by atomic mass is 16.7. The SMILES string of the molecule is C[C@@H](O[C@@H]1O[C@H](CO)[C@@H](O)[C@H](O)[C@H]1O)C(=O)Oc1cc(O)c2c(=O)cc(-c3ccc(O)c(O)c3)oc2c1. The Morgan fingerprint density at radius 2 is 1.70 bits per heavy atom. The van der Waals surface area contributed by atoms with Crippen LogP contribution in [0.15, 0.2) is 45.6 Å². The highest BCUT2D eigenvalue weighted by molar-refractivity contribution is 5.87. The maximum absolute atomic E-state index is 12.6. The topological polar surface area (TPSA) is 217 Å². The van der Waals surface area contributed by atoms with Crippen molar-refractivity contribution in [1.29, 1.82) is 0 Å². The van der Waals surface area contributed by atoms with E-state index in [1.807, 2.05) is 0 Å². The molecule has 1 aromatic heterocycles. The predicted molar refractivity (Wildman–Crippen MR) is 123 cm³/mol. The largest absolute Gasteiger partial charge is 0.507 e. The Balaban J connectivity index is 1.56. The van der Waals surface area contributed by atoms with Gasteiger partial charge in [-0.25, -0.2) is 4.79 Å². The monoisotopic (exact) mass is 520 g/mol. The highest BCUT2D eigenvalue weighted by Gasteiger charge is 2.45. The average Bonchev–Trinajstić information content (AvgIpc) is 2.85. The van der Waals surface area contributed by atoms with Gasteiger partial charge in [0, 0.05) is 23.8 Å². The molecule has 37 heavy (non-hydrogen) atoms. The van der Waals surface area contributed by atoms with Gasteiger partial charge in [0.05, 0.1) is 6.61 Å². The molecule has 0 radical (unpaired) electrons. The number of phenolic OH excluding ortho intramolecular Hbond substituents is 3. The molecular formula is C24H24O13. The second-order valence-corrected chi connectivity index (χ2v) is 8.39. The lowest BCUT2D eigenvalue weighted by Gasteiger charge is -2.40. The van der Waals surface area contributed by atoms with E-state index in [1.165, 1.54) is 31.2 Å². The third kappa shape index (κ3) is 5.22. The summed E-state index contributed by atoms with van der Waals surface area (Å²) in [6.07, 6.45) is -9.25. The molecule has 0 spiro atoms. The molecule has 6 atom stereocenters. The van der Waals surface area contributed by atoms with Gasteiger partial charge in [0.1, 0.15) is 52.6 Å². The minimum absolute atomic E-state index is 0.00463. The molecule has 1 fully saturated rings. The molecule has 1 aliphatic heterocycles. The number of fused-ring (bicyclic) bond motifs is 1. The summed E-state index contributed by atoms with van der Waals surface area (Å²) in [6, 6.07) is 7.00. The van der Waals surface area contributed by atoms with E-state index in [2.05, 4.69) is 0 Å². The molecule has 13 heteroatoms. The molecular weight excluding hydrogens is 496 g/mol. The van der Waals surface area contributed by atoms with Crippen molar-refractivity contribution in [2.75, 3.05) is 6.61 Å². The Hall–Kier alpha value is -3.72. The summed E-state index contributed by atoms with van der Waals surface area (Å²) in [4.78, 5) is 25.2. The standard InChI is InChI=1S/C24H24O13/c1-9(34-24-22(32)21(31)20(30)18(8-25)37-24)23(33)35-11-5-14(28)19-15(29)7-16(36-17(19)6-11)10-2-3-12(26)13(27)4-10/h2-7,9,18,20-22,24-28,30-32H,8H2,1H3/t9-,18-,20-,21+,22-,24-/m1/s1. The van der Waals surface area contributed by atoms with Crippen LogP contribution >= 0.6 is 0 Å². The summed E-state index contributed by atoms with van der Waals surface area (Å²) in [5.74, 6) is -2.62. The summed E-state index contributed by atoms with van der Waals surface area (Å²) in [5, 5.41) is 68.4. The zero-order valence-corrected chi connectivity index (χ0v) is 19.2. The van der Waals surface area contributed by atoms with Crippen molar-refractivity contribution in [2.24, 2.45) is 0 Å². The second kappa shape index (κ2) is 10.3. The van der Waals surface area contributed by atoms with Crippen molar-refractivity contribution in [2.45, 2.75) is 43.7 Å². The van der Waals surface area contributed by atoms with E-state index < -0.39 is 66.3 Å². The zero-order chi connectivity index (χ0) is 27.0. The molecule has 7 N–H and O–H groups in total. The number of carbonyl (C=O) groups is 1. The lowest BCUT2D eigenvalue weighted by atomic mass is 9.99. The van der Waals surface area contributed by atoms with E-state index in [4.69, 9.17) is 18.6 Å². The first-order valence-electron chi connectivity index (χ1n) is 11.0. The number of hydrogen-bond donors (Lipinski definition) is 7. The average molecular weight is 520 g/mol. The van der Waals surface area contributed by atoms with Crippen LogP contribution in [0.2, 0.25) is 0 Å². The fraction of sp³-hybridized carbons (Fsp3) is 0.333. The summed E-state index contributed by atoms with van der Waals surface area (Å²) in [6.45, 7) is 0.567. The summed E-state index contributed by atoms with van der Waals surface area (Å²) in [5.41, 5.74) is -0.531. The first-order valence-corrected chi connectivity index (χ1v) is 11.0. The Morgan fingerprint density at radius 3 is 2.38 bits per heavy atom. The smallest absolute Gasteiger partial charge is 0.340 e. The number of phenols is 3. The third-order valence-electron chi connectivity index (χ3n) is 5.78. The number of aliphatic hydroxyl groups excluding tert-OH is 4. The van der Waals surface area contributed by atoms with Gasteiger partial charge in [-0.3, -0.25) is 4.79 Å². The fourth-order valence-electron chi connectivity index (χ4n) is 3.76. The number of esters is 1. The van der Waals surface area contributed by atoms with Crippen LogP contribution in [0.4, 0.5) is 0 Å². The van der Waals surface area contributed by atoms with Gasteiger partial charge in [0.15, 0.2) is 29.3 Å². The van der Waals surface area contributed by atoms with Gasteiger partial charge < -0.3 is 54.4 Å². The van der Waals surface area contributed by atoms with Crippen LogP contribution in [0.3, 0.4) is 0 Å². The fourth-order valence-corrected chi connectivity index (χ4v) is 3.76.